The first-order valence-electron chi connectivity index (χ1n) is 8.30. The third-order valence-electron chi connectivity index (χ3n) is 4.17. The molecule has 0 spiro atoms. The van der Waals surface area contributed by atoms with Gasteiger partial charge in [0.1, 0.15) is 5.75 Å². The Balaban J connectivity index is 1.43. The molecule has 3 rings (SSSR count). The van der Waals surface area contributed by atoms with E-state index in [4.69, 9.17) is 4.74 Å². The average molecular weight is 359 g/mol. The van der Waals surface area contributed by atoms with Gasteiger partial charge in [-0.15, -0.1) is 11.3 Å². The molecule has 0 unspecified atom stereocenters. The Morgan fingerprint density at radius 2 is 2.00 bits per heavy atom. The molecule has 2 aromatic rings. The predicted molar refractivity (Wildman–Crippen MR) is 96.7 cm³/mol. The van der Waals surface area contributed by atoms with Crippen LogP contribution in [0.3, 0.4) is 0 Å². The fraction of sp³-hybridized carbons (Fsp3) is 0.389. The molecule has 0 bridgehead atoms. The van der Waals surface area contributed by atoms with Crippen LogP contribution in [-0.2, 0) is 9.59 Å². The van der Waals surface area contributed by atoms with Gasteiger partial charge in [0.15, 0.2) is 11.7 Å². The van der Waals surface area contributed by atoms with Crippen molar-refractivity contribution in [2.24, 2.45) is 5.92 Å². The summed E-state index contributed by atoms with van der Waals surface area (Å²) in [7, 11) is 0. The summed E-state index contributed by atoms with van der Waals surface area (Å²) in [6.45, 7) is 3.07. The van der Waals surface area contributed by atoms with Crippen molar-refractivity contribution < 1.29 is 14.3 Å². The number of thiazole rings is 1. The van der Waals surface area contributed by atoms with E-state index >= 15 is 0 Å². The summed E-state index contributed by atoms with van der Waals surface area (Å²) in [5, 5.41) is 5.41. The monoisotopic (exact) mass is 359 g/mol. The second-order valence-electron chi connectivity index (χ2n) is 6.04. The summed E-state index contributed by atoms with van der Waals surface area (Å²) < 4.78 is 5.50. The van der Waals surface area contributed by atoms with E-state index in [0.717, 1.165) is 5.69 Å². The molecule has 0 radical (unpaired) electrons. The zero-order chi connectivity index (χ0) is 17.6. The van der Waals surface area contributed by atoms with Gasteiger partial charge in [-0.25, -0.2) is 4.98 Å². The van der Waals surface area contributed by atoms with Crippen LogP contribution in [0, 0.1) is 12.8 Å². The third kappa shape index (κ3) is 4.79. The second kappa shape index (κ2) is 8.11. The van der Waals surface area contributed by atoms with Crippen molar-refractivity contribution in [2.45, 2.75) is 19.8 Å². The van der Waals surface area contributed by atoms with Gasteiger partial charge in [-0.2, -0.15) is 0 Å². The van der Waals surface area contributed by atoms with Crippen LogP contribution in [0.1, 0.15) is 18.5 Å². The van der Waals surface area contributed by atoms with Gasteiger partial charge < -0.3 is 15.0 Å². The standard InChI is InChI=1S/C18H21N3O3S/c1-13-12-25-18(19-13)20-17(23)14-7-9-21(10-8-14)16(22)11-24-15-5-3-2-4-6-15/h2-6,12,14H,7-11H2,1H3,(H,19,20,23). The van der Waals surface area contributed by atoms with Crippen LogP contribution in [0.25, 0.3) is 0 Å². The van der Waals surface area contributed by atoms with Crippen LogP contribution in [0.2, 0.25) is 0 Å². The number of carbonyl (C=O) groups excluding carboxylic acids is 2. The fourth-order valence-corrected chi connectivity index (χ4v) is 3.45. The number of nitrogens with one attached hydrogen (secondary N) is 1. The van der Waals surface area contributed by atoms with Crippen LogP contribution in [0.4, 0.5) is 5.13 Å². The van der Waals surface area contributed by atoms with E-state index in [1.54, 1.807) is 4.90 Å². The number of aromatic nitrogens is 1. The number of likely N-dealkylation sites (tertiary alicyclic amines) is 1. The number of para-hydroxylation sites is 1. The highest BCUT2D eigenvalue weighted by atomic mass is 32.1. The lowest BCUT2D eigenvalue weighted by molar-refractivity contribution is -0.136. The number of nitrogens with zero attached hydrogens (tertiary/aromatic N) is 2. The van der Waals surface area contributed by atoms with Crippen molar-refractivity contribution in [2.75, 3.05) is 25.0 Å². The van der Waals surface area contributed by atoms with Gasteiger partial charge in [0.2, 0.25) is 5.91 Å². The minimum absolute atomic E-state index is 0.0121. The first-order valence-corrected chi connectivity index (χ1v) is 9.18. The molecule has 7 heteroatoms. The largest absolute Gasteiger partial charge is 0.484 e. The number of hydrogen-bond donors (Lipinski definition) is 1. The van der Waals surface area contributed by atoms with E-state index in [2.05, 4.69) is 10.3 Å². The predicted octanol–water partition coefficient (Wildman–Crippen LogP) is 2.71. The first kappa shape index (κ1) is 17.4. The van der Waals surface area contributed by atoms with Gasteiger partial charge in [0, 0.05) is 24.4 Å². The Bertz CT molecular complexity index is 724. The number of amides is 2. The van der Waals surface area contributed by atoms with Gasteiger partial charge in [-0.05, 0) is 31.9 Å². The number of anilines is 1. The fourth-order valence-electron chi connectivity index (χ4n) is 2.76. The van der Waals surface area contributed by atoms with E-state index in [1.165, 1.54) is 11.3 Å². The molecule has 1 aliphatic rings. The quantitative estimate of drug-likeness (QED) is 0.891. The molecule has 1 fully saturated rings. The molecule has 1 N–H and O–H groups in total. The summed E-state index contributed by atoms with van der Waals surface area (Å²) in [5.74, 6) is 0.549. The van der Waals surface area contributed by atoms with Gasteiger partial charge in [-0.1, -0.05) is 18.2 Å². The highest BCUT2D eigenvalue weighted by molar-refractivity contribution is 7.13. The summed E-state index contributed by atoms with van der Waals surface area (Å²) >= 11 is 1.43. The maximum Gasteiger partial charge on any atom is 0.260 e. The zero-order valence-corrected chi connectivity index (χ0v) is 14.9. The summed E-state index contributed by atoms with van der Waals surface area (Å²) in [6.07, 6.45) is 1.32. The van der Waals surface area contributed by atoms with E-state index in [-0.39, 0.29) is 24.3 Å². The summed E-state index contributed by atoms with van der Waals surface area (Å²) in [5.41, 5.74) is 0.902. The van der Waals surface area contributed by atoms with Crippen LogP contribution < -0.4 is 10.1 Å². The average Bonchev–Trinajstić information content (AvgIpc) is 3.05. The molecule has 2 amide bonds. The minimum atomic E-state index is -0.0803. The highest BCUT2D eigenvalue weighted by Crippen LogP contribution is 2.21. The topological polar surface area (TPSA) is 71.5 Å². The van der Waals surface area contributed by atoms with Crippen molar-refractivity contribution in [3.63, 3.8) is 0 Å². The smallest absolute Gasteiger partial charge is 0.260 e. The lowest BCUT2D eigenvalue weighted by Crippen LogP contribution is -2.43. The Hall–Kier alpha value is -2.41. The van der Waals surface area contributed by atoms with Crippen molar-refractivity contribution in [1.82, 2.24) is 9.88 Å². The molecule has 6 nitrogen and oxygen atoms in total. The summed E-state index contributed by atoms with van der Waals surface area (Å²) in [6, 6.07) is 9.29. The van der Waals surface area contributed by atoms with Crippen LogP contribution >= 0.6 is 11.3 Å². The number of ether oxygens (including phenoxy) is 1. The molecular formula is C18H21N3O3S. The van der Waals surface area contributed by atoms with Crippen LogP contribution in [-0.4, -0.2) is 41.4 Å². The van der Waals surface area contributed by atoms with E-state index in [1.807, 2.05) is 42.6 Å². The number of piperidine rings is 1. The van der Waals surface area contributed by atoms with Crippen molar-refractivity contribution in [3.8, 4) is 5.75 Å². The SMILES string of the molecule is Cc1csc(NC(=O)C2CCN(C(=O)COc3ccccc3)CC2)n1. The van der Waals surface area contributed by atoms with E-state index < -0.39 is 0 Å². The van der Waals surface area contributed by atoms with Gasteiger partial charge >= 0.3 is 0 Å². The number of carbonyl (C=O) groups is 2. The van der Waals surface area contributed by atoms with Gasteiger partial charge in [0.25, 0.3) is 5.91 Å². The van der Waals surface area contributed by atoms with E-state index in [0.29, 0.717) is 36.8 Å². The Kier molecular flexibility index (Phi) is 5.65. The number of aryl methyl sites for hydroxylation is 1. The molecule has 1 aromatic heterocycles. The van der Waals surface area contributed by atoms with Crippen LogP contribution in [0.15, 0.2) is 35.7 Å². The maximum atomic E-state index is 12.3. The Morgan fingerprint density at radius 1 is 1.28 bits per heavy atom. The number of benzene rings is 1. The molecular weight excluding hydrogens is 338 g/mol. The molecule has 1 saturated heterocycles. The van der Waals surface area contributed by atoms with Crippen LogP contribution in [0.5, 0.6) is 5.75 Å². The lowest BCUT2D eigenvalue weighted by Gasteiger charge is -2.31. The first-order chi connectivity index (χ1) is 12.1. The molecule has 0 aliphatic carbocycles. The normalized spacial score (nSPS) is 15.0. The van der Waals surface area contributed by atoms with Gasteiger partial charge in [0.05, 0.1) is 5.69 Å². The molecule has 0 atom stereocenters. The molecule has 1 aliphatic heterocycles. The molecule has 2 heterocycles. The van der Waals surface area contributed by atoms with E-state index in [9.17, 15) is 9.59 Å². The Labute approximate surface area is 150 Å². The lowest BCUT2D eigenvalue weighted by atomic mass is 9.96. The molecule has 25 heavy (non-hydrogen) atoms. The second-order valence-corrected chi connectivity index (χ2v) is 6.90. The van der Waals surface area contributed by atoms with Crippen molar-refractivity contribution >= 4 is 28.3 Å². The minimum Gasteiger partial charge on any atom is -0.484 e. The molecule has 0 saturated carbocycles. The third-order valence-corrected chi connectivity index (χ3v) is 5.05. The van der Waals surface area contributed by atoms with Crippen molar-refractivity contribution in [1.29, 1.82) is 0 Å². The Morgan fingerprint density at radius 3 is 2.64 bits per heavy atom. The summed E-state index contributed by atoms with van der Waals surface area (Å²) in [4.78, 5) is 30.5. The van der Waals surface area contributed by atoms with Gasteiger partial charge in [-0.3, -0.25) is 9.59 Å². The van der Waals surface area contributed by atoms with Crippen molar-refractivity contribution in [3.05, 3.63) is 41.4 Å². The number of hydrogen-bond acceptors (Lipinski definition) is 5. The molecule has 1 aromatic carbocycles. The molecule has 132 valence electrons. The maximum absolute atomic E-state index is 12.3. The highest BCUT2D eigenvalue weighted by Gasteiger charge is 2.27. The zero-order valence-electron chi connectivity index (χ0n) is 14.1. The number of rotatable bonds is 5.